The number of imide groups is 1. The molecule has 0 saturated carbocycles. The molecule has 1 aliphatic carbocycles. The molecule has 0 atom stereocenters. The number of amides is 2. The van der Waals surface area contributed by atoms with E-state index in [9.17, 15) is 9.59 Å². The van der Waals surface area contributed by atoms with Gasteiger partial charge in [0, 0.05) is 6.54 Å². The first-order chi connectivity index (χ1) is 14.8. The van der Waals surface area contributed by atoms with Gasteiger partial charge >= 0.3 is 0 Å². The molecule has 3 rings (SSSR count). The lowest BCUT2D eigenvalue weighted by Crippen LogP contribution is -2.43. The van der Waals surface area contributed by atoms with Crippen LogP contribution in [0.2, 0.25) is 0 Å². The van der Waals surface area contributed by atoms with Gasteiger partial charge in [0.1, 0.15) is 5.60 Å². The Morgan fingerprint density at radius 3 is 2.39 bits per heavy atom. The van der Waals surface area contributed by atoms with Crippen LogP contribution < -0.4 is 5.32 Å². The van der Waals surface area contributed by atoms with Gasteiger partial charge in [-0.2, -0.15) is 0 Å². The van der Waals surface area contributed by atoms with Crippen LogP contribution >= 0.6 is 0 Å². The molecule has 5 nitrogen and oxygen atoms in total. The maximum Gasteiger partial charge on any atom is 0.293 e. The summed E-state index contributed by atoms with van der Waals surface area (Å²) in [6.45, 7) is 8.48. The van der Waals surface area contributed by atoms with Crippen molar-refractivity contribution in [2.75, 3.05) is 6.54 Å². The molecule has 1 N–H and O–H groups in total. The van der Waals surface area contributed by atoms with E-state index in [2.05, 4.69) is 24.4 Å². The number of aliphatic imine (C=N–C) groups is 1. The Bertz CT molecular complexity index is 960. The van der Waals surface area contributed by atoms with Crippen molar-refractivity contribution >= 4 is 17.5 Å². The third kappa shape index (κ3) is 5.81. The molecule has 31 heavy (non-hydrogen) atoms. The Labute approximate surface area is 185 Å². The van der Waals surface area contributed by atoms with Gasteiger partial charge in [-0.15, -0.1) is 0 Å². The summed E-state index contributed by atoms with van der Waals surface area (Å²) >= 11 is 0. The number of nitrogens with zero attached hydrogens (tertiary/aromatic N) is 1. The molecule has 2 aliphatic rings. The molecule has 1 aromatic carbocycles. The molecule has 0 spiro atoms. The number of allylic oxidation sites excluding steroid dienone is 3. The van der Waals surface area contributed by atoms with Crippen LogP contribution in [0, 0.1) is 0 Å². The third-order valence-corrected chi connectivity index (χ3v) is 5.13. The highest BCUT2D eigenvalue weighted by molar-refractivity contribution is 6.30. The molecule has 164 valence electrons. The maximum atomic E-state index is 12.7. The van der Waals surface area contributed by atoms with Crippen molar-refractivity contribution in [3.63, 3.8) is 0 Å². The number of fused-ring (bicyclic) bond motifs is 1. The van der Waals surface area contributed by atoms with Crippen LogP contribution in [0.5, 0.6) is 0 Å². The van der Waals surface area contributed by atoms with Crippen LogP contribution in [-0.2, 0) is 20.7 Å². The second kappa shape index (κ2) is 9.90. The number of hydrogen-bond donors (Lipinski definition) is 1. The molecule has 1 aromatic rings. The SMILES string of the molecule is CCCCCN=C1C(CCc2ccccc2)=CC=C2C(=O)NC(=O)C(OC(C)(C)C)=C21. The van der Waals surface area contributed by atoms with Crippen LogP contribution in [0.3, 0.4) is 0 Å². The zero-order valence-corrected chi connectivity index (χ0v) is 19.0. The molecule has 0 radical (unpaired) electrons. The molecule has 0 saturated heterocycles. The molecule has 1 aliphatic heterocycles. The molecule has 0 bridgehead atoms. The van der Waals surface area contributed by atoms with Gasteiger partial charge in [-0.25, -0.2) is 0 Å². The Morgan fingerprint density at radius 2 is 1.71 bits per heavy atom. The number of rotatable bonds is 8. The summed E-state index contributed by atoms with van der Waals surface area (Å²) in [5.74, 6) is -0.726. The van der Waals surface area contributed by atoms with E-state index < -0.39 is 17.4 Å². The third-order valence-electron chi connectivity index (χ3n) is 5.13. The number of nitrogens with one attached hydrogen (secondary N) is 1. The average Bonchev–Trinajstić information content (AvgIpc) is 2.73. The van der Waals surface area contributed by atoms with E-state index in [-0.39, 0.29) is 5.76 Å². The van der Waals surface area contributed by atoms with Gasteiger partial charge in [-0.3, -0.25) is 19.9 Å². The summed E-state index contributed by atoms with van der Waals surface area (Å²) < 4.78 is 6.04. The summed E-state index contributed by atoms with van der Waals surface area (Å²) in [6.07, 6.45) is 8.53. The second-order valence-electron chi connectivity index (χ2n) is 8.90. The van der Waals surface area contributed by atoms with Crippen molar-refractivity contribution in [2.45, 2.75) is 65.4 Å². The monoisotopic (exact) mass is 420 g/mol. The summed E-state index contributed by atoms with van der Waals surface area (Å²) in [6, 6.07) is 10.3. The first-order valence-corrected chi connectivity index (χ1v) is 11.1. The Hall–Kier alpha value is -2.95. The van der Waals surface area contributed by atoms with Crippen LogP contribution in [0.4, 0.5) is 0 Å². The van der Waals surface area contributed by atoms with E-state index in [0.717, 1.165) is 37.7 Å². The Morgan fingerprint density at radius 1 is 0.968 bits per heavy atom. The minimum absolute atomic E-state index is 0.179. The second-order valence-corrected chi connectivity index (χ2v) is 8.90. The molecule has 0 fully saturated rings. The van der Waals surface area contributed by atoms with Crippen molar-refractivity contribution in [1.82, 2.24) is 5.32 Å². The maximum absolute atomic E-state index is 12.7. The first-order valence-electron chi connectivity index (χ1n) is 11.1. The number of carbonyl (C=O) groups is 2. The van der Waals surface area contributed by atoms with Crippen molar-refractivity contribution in [3.05, 3.63) is 70.5 Å². The summed E-state index contributed by atoms with van der Waals surface area (Å²) in [7, 11) is 0. The number of benzene rings is 1. The quantitative estimate of drug-likeness (QED) is 0.483. The number of hydrogen-bond acceptors (Lipinski definition) is 4. The predicted molar refractivity (Wildman–Crippen MR) is 124 cm³/mol. The highest BCUT2D eigenvalue weighted by Gasteiger charge is 2.38. The molecule has 0 unspecified atom stereocenters. The van der Waals surface area contributed by atoms with Crippen LogP contribution in [0.1, 0.15) is 58.9 Å². The topological polar surface area (TPSA) is 67.8 Å². The summed E-state index contributed by atoms with van der Waals surface area (Å²) in [5, 5.41) is 2.41. The van der Waals surface area contributed by atoms with Gasteiger partial charge in [-0.05, 0) is 57.2 Å². The van der Waals surface area contributed by atoms with Crippen molar-refractivity contribution in [3.8, 4) is 0 Å². The predicted octanol–water partition coefficient (Wildman–Crippen LogP) is 4.84. The number of ether oxygens (including phenoxy) is 1. The van der Waals surface area contributed by atoms with E-state index >= 15 is 0 Å². The normalized spacial score (nSPS) is 17.9. The minimum atomic E-state index is -0.580. The molecule has 0 aromatic heterocycles. The number of aryl methyl sites for hydroxylation is 1. The van der Waals surface area contributed by atoms with Crippen LogP contribution in [0.15, 0.2) is 70.0 Å². The lowest BCUT2D eigenvalue weighted by atomic mass is 9.84. The summed E-state index contributed by atoms with van der Waals surface area (Å²) in [5.41, 5.74) is 3.37. The van der Waals surface area contributed by atoms with Crippen LogP contribution in [-0.4, -0.2) is 29.7 Å². The molecule has 1 heterocycles. The van der Waals surface area contributed by atoms with Crippen molar-refractivity contribution in [2.24, 2.45) is 4.99 Å². The fourth-order valence-corrected chi connectivity index (χ4v) is 3.66. The van der Waals surface area contributed by atoms with Gasteiger partial charge in [-0.1, -0.05) is 56.2 Å². The summed E-state index contributed by atoms with van der Waals surface area (Å²) in [4.78, 5) is 30.2. The molecular weight excluding hydrogens is 388 g/mol. The molecular formula is C26H32N2O3. The van der Waals surface area contributed by atoms with Crippen molar-refractivity contribution < 1.29 is 14.3 Å². The van der Waals surface area contributed by atoms with E-state index in [0.29, 0.717) is 23.4 Å². The fraction of sp³-hybridized carbons (Fsp3) is 0.423. The van der Waals surface area contributed by atoms with E-state index in [4.69, 9.17) is 9.73 Å². The van der Waals surface area contributed by atoms with E-state index in [1.54, 1.807) is 6.08 Å². The standard InChI is InChI=1S/C26H32N2O3/c1-5-6-10-17-27-22-19(14-13-18-11-8-7-9-12-18)15-16-20-21(22)23(31-26(2,3)4)25(30)28-24(20)29/h7-9,11-12,15-16H,5-6,10,13-14,17H2,1-4H3,(H,28,29,30). The Balaban J connectivity index is 2.02. The lowest BCUT2D eigenvalue weighted by molar-refractivity contribution is -0.131. The average molecular weight is 421 g/mol. The zero-order chi connectivity index (χ0) is 22.4. The zero-order valence-electron chi connectivity index (χ0n) is 19.0. The minimum Gasteiger partial charge on any atom is -0.482 e. The highest BCUT2D eigenvalue weighted by atomic mass is 16.5. The Kier molecular flexibility index (Phi) is 7.26. The fourth-order valence-electron chi connectivity index (χ4n) is 3.66. The van der Waals surface area contributed by atoms with Crippen molar-refractivity contribution in [1.29, 1.82) is 0 Å². The van der Waals surface area contributed by atoms with Gasteiger partial charge in [0.05, 0.1) is 16.9 Å². The van der Waals surface area contributed by atoms with E-state index in [1.165, 1.54) is 5.56 Å². The van der Waals surface area contributed by atoms with Gasteiger partial charge in [0.15, 0.2) is 5.76 Å². The largest absolute Gasteiger partial charge is 0.482 e. The smallest absolute Gasteiger partial charge is 0.293 e. The van der Waals surface area contributed by atoms with Crippen LogP contribution in [0.25, 0.3) is 0 Å². The highest BCUT2D eigenvalue weighted by Crippen LogP contribution is 2.33. The molecule has 5 heteroatoms. The molecule has 2 amide bonds. The first kappa shape index (κ1) is 22.7. The van der Waals surface area contributed by atoms with Gasteiger partial charge < -0.3 is 4.74 Å². The van der Waals surface area contributed by atoms with E-state index in [1.807, 2.05) is 45.0 Å². The van der Waals surface area contributed by atoms with Gasteiger partial charge in [0.2, 0.25) is 0 Å². The lowest BCUT2D eigenvalue weighted by Gasteiger charge is -2.30. The number of carbonyl (C=O) groups excluding carboxylic acids is 2. The van der Waals surface area contributed by atoms with Gasteiger partial charge in [0.25, 0.3) is 11.8 Å². The number of unbranched alkanes of at least 4 members (excludes halogenated alkanes) is 2.